The van der Waals surface area contributed by atoms with Gasteiger partial charge in [0.25, 0.3) is 0 Å². The molecule has 0 heterocycles. The highest BCUT2D eigenvalue weighted by atomic mass is 35.5. The Hall–Kier alpha value is -1.55. The number of benzene rings is 2. The van der Waals surface area contributed by atoms with Gasteiger partial charge in [-0.25, -0.2) is 0 Å². The van der Waals surface area contributed by atoms with Crippen LogP contribution in [-0.2, 0) is 17.8 Å². The third-order valence-electron chi connectivity index (χ3n) is 3.57. The molecule has 0 aliphatic carbocycles. The Morgan fingerprint density at radius 2 is 1.78 bits per heavy atom. The third-order valence-corrected chi connectivity index (χ3v) is 3.81. The Morgan fingerprint density at radius 1 is 1.13 bits per heavy atom. The van der Waals surface area contributed by atoms with E-state index in [-0.39, 0.29) is 18.3 Å². The summed E-state index contributed by atoms with van der Waals surface area (Å²) in [5.74, 6) is -0.0358. The van der Waals surface area contributed by atoms with E-state index in [4.69, 9.17) is 17.3 Å². The fraction of sp³-hybridized carbons (Fsp3) is 0.278. The molecule has 1 atom stereocenters. The van der Waals surface area contributed by atoms with Gasteiger partial charge in [-0.15, -0.1) is 12.4 Å². The second-order valence-electron chi connectivity index (χ2n) is 5.28. The van der Waals surface area contributed by atoms with E-state index >= 15 is 0 Å². The molecular formula is C18H22Cl2N2O. The van der Waals surface area contributed by atoms with Crippen LogP contribution in [0.5, 0.6) is 0 Å². The number of amides is 1. The van der Waals surface area contributed by atoms with E-state index in [1.165, 1.54) is 0 Å². The Morgan fingerprint density at radius 3 is 2.39 bits per heavy atom. The van der Waals surface area contributed by atoms with Crippen molar-refractivity contribution in [3.05, 3.63) is 70.7 Å². The van der Waals surface area contributed by atoms with Gasteiger partial charge in [-0.3, -0.25) is 4.79 Å². The van der Waals surface area contributed by atoms with Crippen molar-refractivity contribution in [2.75, 3.05) is 6.54 Å². The van der Waals surface area contributed by atoms with Crippen molar-refractivity contribution in [1.82, 2.24) is 4.90 Å². The third kappa shape index (κ3) is 5.87. The molecule has 3 nitrogen and oxygen atoms in total. The number of hydrogen-bond acceptors (Lipinski definition) is 2. The largest absolute Gasteiger partial charge is 0.337 e. The minimum atomic E-state index is -0.526. The van der Waals surface area contributed by atoms with Crippen LogP contribution in [0.2, 0.25) is 5.02 Å². The first-order valence-electron chi connectivity index (χ1n) is 7.43. The van der Waals surface area contributed by atoms with E-state index in [1.807, 2.05) is 61.5 Å². The van der Waals surface area contributed by atoms with Crippen LogP contribution in [-0.4, -0.2) is 23.4 Å². The molecule has 0 aliphatic heterocycles. The molecule has 1 amide bonds. The average molecular weight is 353 g/mol. The minimum Gasteiger partial charge on any atom is -0.337 e. The highest BCUT2D eigenvalue weighted by Gasteiger charge is 2.20. The molecule has 23 heavy (non-hydrogen) atoms. The van der Waals surface area contributed by atoms with E-state index in [0.717, 1.165) is 11.1 Å². The van der Waals surface area contributed by atoms with Crippen molar-refractivity contribution in [2.45, 2.75) is 25.9 Å². The van der Waals surface area contributed by atoms with E-state index in [9.17, 15) is 4.79 Å². The molecule has 0 radical (unpaired) electrons. The van der Waals surface area contributed by atoms with Crippen LogP contribution >= 0.6 is 24.0 Å². The second kappa shape index (κ2) is 9.56. The zero-order chi connectivity index (χ0) is 15.9. The van der Waals surface area contributed by atoms with Gasteiger partial charge in [0.15, 0.2) is 0 Å². The van der Waals surface area contributed by atoms with Crippen LogP contribution in [0, 0.1) is 0 Å². The SMILES string of the molecule is CCN(Cc1cccc(Cl)c1)C(=O)C(N)Cc1ccccc1.Cl. The lowest BCUT2D eigenvalue weighted by molar-refractivity contribution is -0.133. The summed E-state index contributed by atoms with van der Waals surface area (Å²) in [6.07, 6.45) is 0.547. The van der Waals surface area contributed by atoms with Crippen LogP contribution in [0.4, 0.5) is 0 Å². The fourth-order valence-corrected chi connectivity index (χ4v) is 2.60. The van der Waals surface area contributed by atoms with Crippen LogP contribution in [0.15, 0.2) is 54.6 Å². The van der Waals surface area contributed by atoms with E-state index in [1.54, 1.807) is 4.90 Å². The predicted molar refractivity (Wildman–Crippen MR) is 97.9 cm³/mol. The van der Waals surface area contributed by atoms with Gasteiger partial charge in [-0.05, 0) is 36.6 Å². The predicted octanol–water partition coefficient (Wildman–Crippen LogP) is 3.68. The Bertz CT molecular complexity index is 619. The lowest BCUT2D eigenvalue weighted by atomic mass is 10.1. The van der Waals surface area contributed by atoms with Crippen molar-refractivity contribution in [1.29, 1.82) is 0 Å². The van der Waals surface area contributed by atoms with Crippen LogP contribution in [0.25, 0.3) is 0 Å². The summed E-state index contributed by atoms with van der Waals surface area (Å²) < 4.78 is 0. The van der Waals surface area contributed by atoms with E-state index in [2.05, 4.69) is 0 Å². The monoisotopic (exact) mass is 352 g/mol. The first kappa shape index (κ1) is 19.5. The number of carbonyl (C=O) groups is 1. The fourth-order valence-electron chi connectivity index (χ4n) is 2.39. The lowest BCUT2D eigenvalue weighted by Crippen LogP contribution is -2.44. The van der Waals surface area contributed by atoms with Crippen molar-refractivity contribution in [3.63, 3.8) is 0 Å². The maximum absolute atomic E-state index is 12.5. The van der Waals surface area contributed by atoms with Crippen LogP contribution in [0.3, 0.4) is 0 Å². The van der Waals surface area contributed by atoms with Crippen molar-refractivity contribution in [3.8, 4) is 0 Å². The van der Waals surface area contributed by atoms with Gasteiger partial charge in [-0.1, -0.05) is 54.1 Å². The number of rotatable bonds is 6. The molecule has 5 heteroatoms. The number of nitrogens with zero attached hydrogens (tertiary/aromatic N) is 1. The van der Waals surface area contributed by atoms with Crippen LogP contribution in [0.1, 0.15) is 18.1 Å². The summed E-state index contributed by atoms with van der Waals surface area (Å²) in [4.78, 5) is 14.3. The topological polar surface area (TPSA) is 46.3 Å². The van der Waals surface area contributed by atoms with Gasteiger partial charge < -0.3 is 10.6 Å². The molecule has 0 aromatic heterocycles. The van der Waals surface area contributed by atoms with Crippen molar-refractivity contribution >= 4 is 29.9 Å². The highest BCUT2D eigenvalue weighted by Crippen LogP contribution is 2.13. The molecule has 0 saturated heterocycles. The second-order valence-corrected chi connectivity index (χ2v) is 5.71. The first-order chi connectivity index (χ1) is 10.6. The van der Waals surface area contributed by atoms with Gasteiger partial charge in [-0.2, -0.15) is 0 Å². The van der Waals surface area contributed by atoms with Gasteiger partial charge in [0, 0.05) is 18.1 Å². The molecule has 0 saturated carbocycles. The Kier molecular flexibility index (Phi) is 8.10. The first-order valence-corrected chi connectivity index (χ1v) is 7.80. The van der Waals surface area contributed by atoms with Gasteiger partial charge in [0.2, 0.25) is 5.91 Å². The molecule has 2 aromatic carbocycles. The molecule has 0 fully saturated rings. The zero-order valence-electron chi connectivity index (χ0n) is 13.1. The number of halogens is 2. The molecule has 124 valence electrons. The van der Waals surface area contributed by atoms with Crippen molar-refractivity contribution < 1.29 is 4.79 Å². The summed E-state index contributed by atoms with van der Waals surface area (Å²) in [5.41, 5.74) is 8.17. The summed E-state index contributed by atoms with van der Waals surface area (Å²) in [6.45, 7) is 3.10. The number of nitrogens with two attached hydrogens (primary N) is 1. The molecule has 2 aromatic rings. The summed E-state index contributed by atoms with van der Waals surface area (Å²) in [6, 6.07) is 16.9. The lowest BCUT2D eigenvalue weighted by Gasteiger charge is -2.24. The Balaban J connectivity index is 0.00000264. The normalized spacial score (nSPS) is 11.4. The van der Waals surface area contributed by atoms with Crippen LogP contribution < -0.4 is 5.73 Å². The van der Waals surface area contributed by atoms with Gasteiger partial charge in [0.1, 0.15) is 0 Å². The standard InChI is InChI=1S/C18H21ClN2O.ClH/c1-2-21(13-15-9-6-10-16(19)11-15)18(22)17(20)12-14-7-4-3-5-8-14;/h3-11,17H,2,12-13,20H2,1H3;1H. The molecule has 0 bridgehead atoms. The number of hydrogen-bond donors (Lipinski definition) is 1. The van der Waals surface area contributed by atoms with E-state index < -0.39 is 6.04 Å². The number of carbonyl (C=O) groups excluding carboxylic acids is 1. The maximum Gasteiger partial charge on any atom is 0.240 e. The number of likely N-dealkylation sites (N-methyl/N-ethyl adjacent to an activating group) is 1. The molecule has 2 rings (SSSR count). The Labute approximate surface area is 148 Å². The molecule has 1 unspecified atom stereocenters. The van der Waals surface area contributed by atoms with E-state index in [0.29, 0.717) is 24.5 Å². The van der Waals surface area contributed by atoms with Gasteiger partial charge in [0.05, 0.1) is 6.04 Å². The average Bonchev–Trinajstić information content (AvgIpc) is 2.53. The summed E-state index contributed by atoms with van der Waals surface area (Å²) in [5, 5.41) is 0.676. The van der Waals surface area contributed by atoms with Gasteiger partial charge >= 0.3 is 0 Å². The molecular weight excluding hydrogens is 331 g/mol. The summed E-state index contributed by atoms with van der Waals surface area (Å²) in [7, 11) is 0. The molecule has 2 N–H and O–H groups in total. The maximum atomic E-state index is 12.5. The highest BCUT2D eigenvalue weighted by molar-refractivity contribution is 6.30. The zero-order valence-corrected chi connectivity index (χ0v) is 14.7. The van der Waals surface area contributed by atoms with Crippen molar-refractivity contribution in [2.24, 2.45) is 5.73 Å². The quantitative estimate of drug-likeness (QED) is 0.861. The molecule has 0 spiro atoms. The minimum absolute atomic E-state index is 0. The smallest absolute Gasteiger partial charge is 0.240 e. The summed E-state index contributed by atoms with van der Waals surface area (Å²) >= 11 is 5.99. The molecule has 0 aliphatic rings.